The molecule has 0 atom stereocenters. The first-order valence-corrected chi connectivity index (χ1v) is 9.35. The second-order valence-electron chi connectivity index (χ2n) is 6.48. The van der Waals surface area contributed by atoms with Crippen molar-refractivity contribution in [3.8, 4) is 6.01 Å². The summed E-state index contributed by atoms with van der Waals surface area (Å²) in [5.74, 6) is -0.0329. The number of ether oxygens (including phenoxy) is 1. The summed E-state index contributed by atoms with van der Waals surface area (Å²) in [7, 11) is 0. The van der Waals surface area contributed by atoms with Crippen LogP contribution in [0.15, 0.2) is 34.8 Å². The van der Waals surface area contributed by atoms with Crippen LogP contribution in [0.3, 0.4) is 0 Å². The van der Waals surface area contributed by atoms with Crippen LogP contribution in [0.4, 0.5) is 0 Å². The minimum Gasteiger partial charge on any atom is -0.460 e. The molecule has 1 N–H and O–H groups in total. The fourth-order valence-corrected chi connectivity index (χ4v) is 3.59. The van der Waals surface area contributed by atoms with E-state index in [0.717, 1.165) is 41.5 Å². The van der Waals surface area contributed by atoms with Gasteiger partial charge in [0.05, 0.1) is 5.56 Å². The maximum absolute atomic E-state index is 12.4. The van der Waals surface area contributed by atoms with Crippen LogP contribution in [0.2, 0.25) is 0 Å². The molecule has 0 spiro atoms. The van der Waals surface area contributed by atoms with Crippen molar-refractivity contribution in [2.75, 3.05) is 0 Å². The van der Waals surface area contributed by atoms with Crippen molar-refractivity contribution in [1.82, 2.24) is 15.3 Å². The number of hydrogen-bond donors (Lipinski definition) is 1. The molecular weight excluding hydrogens is 382 g/mol. The maximum atomic E-state index is 12.4. The summed E-state index contributed by atoms with van der Waals surface area (Å²) >= 11 is 3.43. The first-order chi connectivity index (χ1) is 12.0. The summed E-state index contributed by atoms with van der Waals surface area (Å²) in [6, 6.07) is 10.0. The number of aryl methyl sites for hydroxylation is 2. The van der Waals surface area contributed by atoms with Gasteiger partial charge in [-0.3, -0.25) is 4.79 Å². The number of benzene rings is 1. The normalized spacial score (nSPS) is 20.1. The van der Waals surface area contributed by atoms with Gasteiger partial charge in [0.25, 0.3) is 5.91 Å². The Morgan fingerprint density at radius 2 is 1.76 bits per heavy atom. The van der Waals surface area contributed by atoms with Gasteiger partial charge in [0.2, 0.25) is 0 Å². The molecule has 1 aliphatic carbocycles. The number of nitrogens with one attached hydrogen (secondary N) is 1. The highest BCUT2D eigenvalue weighted by atomic mass is 79.9. The number of amides is 1. The van der Waals surface area contributed by atoms with E-state index in [9.17, 15) is 4.79 Å². The van der Waals surface area contributed by atoms with Crippen LogP contribution in [0.25, 0.3) is 0 Å². The van der Waals surface area contributed by atoms with E-state index in [1.165, 1.54) is 0 Å². The molecule has 132 valence electrons. The Morgan fingerprint density at radius 3 is 2.40 bits per heavy atom. The fraction of sp³-hybridized carbons (Fsp3) is 0.421. The standard InChI is InChI=1S/C19H22BrN3O2/c1-12-11-13(2)22-19(21-12)25-15-9-7-14(8-10-15)23-18(24)16-5-3-4-6-17(16)20/h3-6,11,14-15H,7-10H2,1-2H3,(H,23,24). The van der Waals surface area contributed by atoms with E-state index in [1.54, 1.807) is 0 Å². The molecule has 0 bridgehead atoms. The lowest BCUT2D eigenvalue weighted by molar-refractivity contribution is 0.0884. The molecule has 1 aliphatic rings. The molecule has 1 amide bonds. The fourth-order valence-electron chi connectivity index (χ4n) is 3.13. The molecule has 25 heavy (non-hydrogen) atoms. The quantitative estimate of drug-likeness (QED) is 0.838. The molecule has 0 aliphatic heterocycles. The highest BCUT2D eigenvalue weighted by molar-refractivity contribution is 9.10. The maximum Gasteiger partial charge on any atom is 0.317 e. The van der Waals surface area contributed by atoms with E-state index in [2.05, 4.69) is 31.2 Å². The van der Waals surface area contributed by atoms with Crippen molar-refractivity contribution in [3.05, 3.63) is 51.8 Å². The van der Waals surface area contributed by atoms with Gasteiger partial charge in [-0.25, -0.2) is 9.97 Å². The Hall–Kier alpha value is -1.95. The number of hydrogen-bond acceptors (Lipinski definition) is 4. The van der Waals surface area contributed by atoms with Gasteiger partial charge in [0.15, 0.2) is 0 Å². The molecular formula is C19H22BrN3O2. The monoisotopic (exact) mass is 403 g/mol. The van der Waals surface area contributed by atoms with E-state index in [-0.39, 0.29) is 18.1 Å². The van der Waals surface area contributed by atoms with E-state index in [4.69, 9.17) is 4.74 Å². The van der Waals surface area contributed by atoms with E-state index < -0.39 is 0 Å². The van der Waals surface area contributed by atoms with Gasteiger partial charge in [0, 0.05) is 21.9 Å². The van der Waals surface area contributed by atoms with E-state index in [0.29, 0.717) is 11.6 Å². The zero-order valence-corrected chi connectivity index (χ0v) is 16.0. The third-order valence-corrected chi connectivity index (χ3v) is 5.05. The van der Waals surface area contributed by atoms with Gasteiger partial charge in [-0.1, -0.05) is 12.1 Å². The SMILES string of the molecule is Cc1cc(C)nc(OC2CCC(NC(=O)c3ccccc3Br)CC2)n1. The van der Waals surface area contributed by atoms with Crippen LogP contribution in [-0.2, 0) is 0 Å². The van der Waals surface area contributed by atoms with Crippen molar-refractivity contribution >= 4 is 21.8 Å². The molecule has 1 aromatic heterocycles. The first-order valence-electron chi connectivity index (χ1n) is 8.55. The third kappa shape index (κ3) is 4.78. The van der Waals surface area contributed by atoms with Crippen LogP contribution in [0.1, 0.15) is 47.4 Å². The largest absolute Gasteiger partial charge is 0.460 e. The minimum atomic E-state index is -0.0329. The second kappa shape index (κ2) is 7.95. The van der Waals surface area contributed by atoms with Crippen molar-refractivity contribution in [1.29, 1.82) is 0 Å². The molecule has 2 aromatic rings. The molecule has 1 heterocycles. The lowest BCUT2D eigenvalue weighted by Gasteiger charge is -2.29. The number of nitrogens with zero attached hydrogens (tertiary/aromatic N) is 2. The summed E-state index contributed by atoms with van der Waals surface area (Å²) in [6.07, 6.45) is 3.67. The predicted octanol–water partition coefficient (Wildman–Crippen LogP) is 3.98. The Morgan fingerprint density at radius 1 is 1.12 bits per heavy atom. The predicted molar refractivity (Wildman–Crippen MR) is 99.8 cm³/mol. The summed E-state index contributed by atoms with van der Waals surface area (Å²) in [5, 5.41) is 3.12. The van der Waals surface area contributed by atoms with Gasteiger partial charge in [-0.05, 0) is 73.7 Å². The van der Waals surface area contributed by atoms with Crippen LogP contribution < -0.4 is 10.1 Å². The molecule has 3 rings (SSSR count). The van der Waals surface area contributed by atoms with Gasteiger partial charge in [-0.15, -0.1) is 0 Å². The Kier molecular flexibility index (Phi) is 5.68. The van der Waals surface area contributed by atoms with Crippen molar-refractivity contribution in [3.63, 3.8) is 0 Å². The molecule has 5 nitrogen and oxygen atoms in total. The average molecular weight is 404 g/mol. The first kappa shape index (κ1) is 17.9. The van der Waals surface area contributed by atoms with Crippen LogP contribution in [-0.4, -0.2) is 28.0 Å². The van der Waals surface area contributed by atoms with Gasteiger partial charge in [-0.2, -0.15) is 0 Å². The highest BCUT2D eigenvalue weighted by Crippen LogP contribution is 2.23. The molecule has 0 radical (unpaired) electrons. The van der Waals surface area contributed by atoms with Crippen LogP contribution >= 0.6 is 15.9 Å². The molecule has 1 fully saturated rings. The van der Waals surface area contributed by atoms with Gasteiger partial charge < -0.3 is 10.1 Å². The number of carbonyl (C=O) groups is 1. The second-order valence-corrected chi connectivity index (χ2v) is 7.33. The topological polar surface area (TPSA) is 64.1 Å². The van der Waals surface area contributed by atoms with Crippen LogP contribution in [0, 0.1) is 13.8 Å². The summed E-state index contributed by atoms with van der Waals surface area (Å²) in [4.78, 5) is 21.1. The lowest BCUT2D eigenvalue weighted by atomic mass is 9.92. The van der Waals surface area contributed by atoms with Crippen molar-refractivity contribution in [2.24, 2.45) is 0 Å². The average Bonchev–Trinajstić information content (AvgIpc) is 2.56. The zero-order chi connectivity index (χ0) is 17.8. The Balaban J connectivity index is 1.52. The van der Waals surface area contributed by atoms with Crippen LogP contribution in [0.5, 0.6) is 6.01 Å². The summed E-state index contributed by atoms with van der Waals surface area (Å²) in [6.45, 7) is 3.88. The van der Waals surface area contributed by atoms with Gasteiger partial charge >= 0.3 is 6.01 Å². The zero-order valence-electron chi connectivity index (χ0n) is 14.5. The molecule has 1 aromatic carbocycles. The Labute approximate surface area is 156 Å². The van der Waals surface area contributed by atoms with E-state index >= 15 is 0 Å². The van der Waals surface area contributed by atoms with Crippen molar-refractivity contribution < 1.29 is 9.53 Å². The van der Waals surface area contributed by atoms with Crippen molar-refractivity contribution in [2.45, 2.75) is 51.7 Å². The Bertz CT molecular complexity index is 738. The molecule has 0 unspecified atom stereocenters. The number of rotatable bonds is 4. The smallest absolute Gasteiger partial charge is 0.317 e. The minimum absolute atomic E-state index is 0.0329. The summed E-state index contributed by atoms with van der Waals surface area (Å²) < 4.78 is 6.75. The number of halogens is 1. The summed E-state index contributed by atoms with van der Waals surface area (Å²) in [5.41, 5.74) is 2.50. The van der Waals surface area contributed by atoms with Gasteiger partial charge in [0.1, 0.15) is 6.10 Å². The lowest BCUT2D eigenvalue weighted by Crippen LogP contribution is -2.39. The third-order valence-electron chi connectivity index (χ3n) is 4.36. The molecule has 1 saturated carbocycles. The number of aromatic nitrogens is 2. The highest BCUT2D eigenvalue weighted by Gasteiger charge is 2.25. The number of carbonyl (C=O) groups excluding carboxylic acids is 1. The van der Waals surface area contributed by atoms with E-state index in [1.807, 2.05) is 44.2 Å². The molecule has 6 heteroatoms. The molecule has 0 saturated heterocycles.